The van der Waals surface area contributed by atoms with E-state index in [0.29, 0.717) is 17.8 Å². The van der Waals surface area contributed by atoms with Crippen LogP contribution < -0.4 is 5.32 Å². The molecule has 0 saturated heterocycles. The topological polar surface area (TPSA) is 84.3 Å². The summed E-state index contributed by atoms with van der Waals surface area (Å²) < 4.78 is 5.21. The standard InChI is InChI=1S/C8H10BrN3O3/c1-15-3-2-10-7-6(8(13)14)12-5(9)4-11-7/h4H,2-3H2,1H3,(H,10,11)(H,13,14). The molecule has 1 heterocycles. The zero-order valence-corrected chi connectivity index (χ0v) is 9.61. The molecule has 0 aliphatic carbocycles. The van der Waals surface area contributed by atoms with Crippen LogP contribution in [-0.2, 0) is 4.74 Å². The predicted molar refractivity (Wildman–Crippen MR) is 57.1 cm³/mol. The number of aromatic nitrogens is 2. The van der Waals surface area contributed by atoms with Gasteiger partial charge in [0.15, 0.2) is 11.5 Å². The summed E-state index contributed by atoms with van der Waals surface area (Å²) in [6, 6.07) is 0. The molecule has 6 nitrogen and oxygen atoms in total. The van der Waals surface area contributed by atoms with Crippen LogP contribution in [0.5, 0.6) is 0 Å². The van der Waals surface area contributed by atoms with E-state index in [9.17, 15) is 4.79 Å². The maximum Gasteiger partial charge on any atom is 0.358 e. The minimum absolute atomic E-state index is 0.111. The number of nitrogens with one attached hydrogen (secondary N) is 1. The second-order valence-electron chi connectivity index (χ2n) is 2.61. The van der Waals surface area contributed by atoms with Crippen LogP contribution in [-0.4, -0.2) is 41.3 Å². The van der Waals surface area contributed by atoms with Gasteiger partial charge in [0, 0.05) is 13.7 Å². The van der Waals surface area contributed by atoms with E-state index in [4.69, 9.17) is 9.84 Å². The van der Waals surface area contributed by atoms with Crippen molar-refractivity contribution in [2.75, 3.05) is 25.6 Å². The van der Waals surface area contributed by atoms with Crippen LogP contribution in [0.3, 0.4) is 0 Å². The Balaban J connectivity index is 2.81. The quantitative estimate of drug-likeness (QED) is 0.780. The maximum atomic E-state index is 10.8. The minimum atomic E-state index is -1.12. The summed E-state index contributed by atoms with van der Waals surface area (Å²) in [6.07, 6.45) is 1.43. The summed E-state index contributed by atoms with van der Waals surface area (Å²) in [5.74, 6) is -0.883. The lowest BCUT2D eigenvalue weighted by Gasteiger charge is -2.06. The first-order valence-corrected chi connectivity index (χ1v) is 4.93. The van der Waals surface area contributed by atoms with Crippen LogP contribution in [0.25, 0.3) is 0 Å². The average Bonchev–Trinajstić information content (AvgIpc) is 2.20. The van der Waals surface area contributed by atoms with Crippen molar-refractivity contribution in [3.8, 4) is 0 Å². The van der Waals surface area contributed by atoms with Crippen LogP contribution in [0.2, 0.25) is 0 Å². The smallest absolute Gasteiger partial charge is 0.358 e. The Bertz CT molecular complexity index is 359. The van der Waals surface area contributed by atoms with Crippen LogP contribution in [0.1, 0.15) is 10.5 Å². The van der Waals surface area contributed by atoms with Crippen LogP contribution >= 0.6 is 15.9 Å². The molecule has 0 aliphatic rings. The molecule has 0 spiro atoms. The first-order chi connectivity index (χ1) is 7.15. The highest BCUT2D eigenvalue weighted by Gasteiger charge is 2.13. The molecule has 0 saturated carbocycles. The molecule has 2 N–H and O–H groups in total. The number of anilines is 1. The number of hydrogen-bond donors (Lipinski definition) is 2. The monoisotopic (exact) mass is 275 g/mol. The number of carboxylic acid groups (broad SMARTS) is 1. The third kappa shape index (κ3) is 3.45. The van der Waals surface area contributed by atoms with Gasteiger partial charge in [-0.15, -0.1) is 0 Å². The van der Waals surface area contributed by atoms with Crippen molar-refractivity contribution in [1.82, 2.24) is 9.97 Å². The molecule has 0 aliphatic heterocycles. The zero-order chi connectivity index (χ0) is 11.3. The molecular weight excluding hydrogens is 266 g/mol. The molecule has 1 aromatic heterocycles. The van der Waals surface area contributed by atoms with Crippen molar-refractivity contribution in [2.45, 2.75) is 0 Å². The third-order valence-corrected chi connectivity index (χ3v) is 1.93. The number of carbonyl (C=O) groups is 1. The summed E-state index contributed by atoms with van der Waals surface area (Å²) in [5, 5.41) is 11.7. The maximum absolute atomic E-state index is 10.8. The van der Waals surface area contributed by atoms with Crippen molar-refractivity contribution in [3.63, 3.8) is 0 Å². The molecule has 0 bridgehead atoms. The Morgan fingerprint density at radius 2 is 2.47 bits per heavy atom. The van der Waals surface area contributed by atoms with Gasteiger partial charge in [-0.25, -0.2) is 14.8 Å². The average molecular weight is 276 g/mol. The fraction of sp³-hybridized carbons (Fsp3) is 0.375. The number of carboxylic acids is 1. The van der Waals surface area contributed by atoms with Gasteiger partial charge in [0.1, 0.15) is 4.60 Å². The first-order valence-electron chi connectivity index (χ1n) is 4.13. The van der Waals surface area contributed by atoms with E-state index in [1.807, 2.05) is 0 Å². The number of nitrogens with zero attached hydrogens (tertiary/aromatic N) is 2. The fourth-order valence-corrected chi connectivity index (χ4v) is 1.20. The van der Waals surface area contributed by atoms with E-state index >= 15 is 0 Å². The lowest BCUT2D eigenvalue weighted by atomic mass is 10.4. The fourth-order valence-electron chi connectivity index (χ4n) is 0.918. The molecule has 82 valence electrons. The molecule has 7 heteroatoms. The molecule has 1 aromatic rings. The van der Waals surface area contributed by atoms with Gasteiger partial charge in [-0.1, -0.05) is 0 Å². The molecule has 0 unspecified atom stereocenters. The minimum Gasteiger partial charge on any atom is -0.476 e. The van der Waals surface area contributed by atoms with Gasteiger partial charge in [-0.05, 0) is 15.9 Å². The van der Waals surface area contributed by atoms with Crippen molar-refractivity contribution in [1.29, 1.82) is 0 Å². The summed E-state index contributed by atoms with van der Waals surface area (Å²) in [4.78, 5) is 18.5. The van der Waals surface area contributed by atoms with Gasteiger partial charge < -0.3 is 15.2 Å². The van der Waals surface area contributed by atoms with Crippen molar-refractivity contribution in [2.24, 2.45) is 0 Å². The molecule has 0 atom stereocenters. The van der Waals surface area contributed by atoms with Crippen LogP contribution in [0.15, 0.2) is 10.8 Å². The molecule has 1 rings (SSSR count). The van der Waals surface area contributed by atoms with Crippen LogP contribution in [0, 0.1) is 0 Å². The molecule has 0 amide bonds. The molecule has 15 heavy (non-hydrogen) atoms. The Kier molecular flexibility index (Phi) is 4.44. The summed E-state index contributed by atoms with van der Waals surface area (Å²) in [6.45, 7) is 0.948. The van der Waals surface area contributed by atoms with E-state index in [-0.39, 0.29) is 11.5 Å². The lowest BCUT2D eigenvalue weighted by molar-refractivity contribution is 0.0691. The Morgan fingerprint density at radius 1 is 1.73 bits per heavy atom. The van der Waals surface area contributed by atoms with Gasteiger partial charge >= 0.3 is 5.97 Å². The predicted octanol–water partition coefficient (Wildman–Crippen LogP) is 0.996. The first kappa shape index (κ1) is 11.9. The third-order valence-electron chi connectivity index (χ3n) is 1.54. The molecule has 0 aromatic carbocycles. The van der Waals surface area contributed by atoms with Crippen molar-refractivity contribution >= 4 is 27.7 Å². The summed E-state index contributed by atoms with van der Waals surface area (Å²) in [5.41, 5.74) is -0.111. The molecule has 0 radical (unpaired) electrons. The number of aromatic carboxylic acids is 1. The van der Waals surface area contributed by atoms with Crippen molar-refractivity contribution < 1.29 is 14.6 Å². The van der Waals surface area contributed by atoms with Crippen LogP contribution in [0.4, 0.5) is 5.82 Å². The Morgan fingerprint density at radius 3 is 3.07 bits per heavy atom. The number of rotatable bonds is 5. The number of ether oxygens (including phenoxy) is 1. The number of methoxy groups -OCH3 is 1. The summed E-state index contributed by atoms with van der Waals surface area (Å²) in [7, 11) is 1.56. The van der Waals surface area contributed by atoms with Gasteiger partial charge in [-0.3, -0.25) is 0 Å². The highest BCUT2D eigenvalue weighted by Crippen LogP contribution is 2.13. The van der Waals surface area contributed by atoms with Gasteiger partial charge in [0.05, 0.1) is 12.8 Å². The Hall–Kier alpha value is -1.21. The normalized spacial score (nSPS) is 10.0. The molecular formula is C8H10BrN3O3. The second-order valence-corrected chi connectivity index (χ2v) is 3.43. The molecule has 0 fully saturated rings. The number of halogens is 1. The van der Waals surface area contributed by atoms with E-state index < -0.39 is 5.97 Å². The van der Waals surface area contributed by atoms with Crippen molar-refractivity contribution in [3.05, 3.63) is 16.5 Å². The summed E-state index contributed by atoms with van der Waals surface area (Å²) >= 11 is 3.06. The Labute approximate surface area is 94.8 Å². The number of hydrogen-bond acceptors (Lipinski definition) is 5. The second kappa shape index (κ2) is 5.62. The zero-order valence-electron chi connectivity index (χ0n) is 8.03. The van der Waals surface area contributed by atoms with E-state index in [2.05, 4.69) is 31.2 Å². The largest absolute Gasteiger partial charge is 0.476 e. The van der Waals surface area contributed by atoms with E-state index in [0.717, 1.165) is 0 Å². The highest BCUT2D eigenvalue weighted by molar-refractivity contribution is 9.10. The van der Waals surface area contributed by atoms with Gasteiger partial charge in [-0.2, -0.15) is 0 Å². The lowest BCUT2D eigenvalue weighted by Crippen LogP contribution is -2.14. The van der Waals surface area contributed by atoms with Gasteiger partial charge in [0.2, 0.25) is 0 Å². The van der Waals surface area contributed by atoms with E-state index in [1.54, 1.807) is 7.11 Å². The highest BCUT2D eigenvalue weighted by atomic mass is 79.9. The van der Waals surface area contributed by atoms with Gasteiger partial charge in [0.25, 0.3) is 0 Å². The SMILES string of the molecule is COCCNc1ncc(Br)nc1C(=O)O. The van der Waals surface area contributed by atoms with E-state index in [1.165, 1.54) is 6.20 Å².